The van der Waals surface area contributed by atoms with Gasteiger partial charge in [-0.3, -0.25) is 4.79 Å². The van der Waals surface area contributed by atoms with Crippen LogP contribution in [0, 0.1) is 0 Å². The van der Waals surface area contributed by atoms with Crippen molar-refractivity contribution in [1.82, 2.24) is 0 Å². The van der Waals surface area contributed by atoms with Gasteiger partial charge in [0.1, 0.15) is 0 Å². The number of carboxylic acid groups (broad SMARTS) is 1. The zero-order valence-electron chi connectivity index (χ0n) is 15.8. The molecule has 0 saturated carbocycles. The maximum absolute atomic E-state index is 10.4. The molecular weight excluding hydrogens is 295 g/mol. The van der Waals surface area contributed by atoms with Gasteiger partial charge in [0.05, 0.1) is 0 Å². The number of carboxylic acids is 1. The third-order valence-corrected chi connectivity index (χ3v) is 4.15. The smallest absolute Gasteiger partial charge is 0.303 e. The van der Waals surface area contributed by atoms with E-state index in [1.165, 1.54) is 83.5 Å². The predicted molar refractivity (Wildman–Crippen MR) is 102 cm³/mol. The van der Waals surface area contributed by atoms with Crippen molar-refractivity contribution in [2.75, 3.05) is 0 Å². The van der Waals surface area contributed by atoms with Crippen LogP contribution in [0.1, 0.15) is 110 Å². The second-order valence-corrected chi connectivity index (χ2v) is 6.44. The Balaban J connectivity index is 0. The first-order valence-corrected chi connectivity index (χ1v) is 9.64. The SMILES string of the molecule is CCCCCCCCCCC=CCCCCCCCC(=O)O.[Na]. The largest absolute Gasteiger partial charge is 0.481 e. The maximum atomic E-state index is 10.4. The van der Waals surface area contributed by atoms with E-state index in [0.717, 1.165) is 12.8 Å². The topological polar surface area (TPSA) is 37.3 Å². The van der Waals surface area contributed by atoms with Gasteiger partial charge in [0.2, 0.25) is 0 Å². The van der Waals surface area contributed by atoms with Crippen LogP contribution in [-0.4, -0.2) is 40.6 Å². The van der Waals surface area contributed by atoms with Gasteiger partial charge in [-0.2, -0.15) is 0 Å². The van der Waals surface area contributed by atoms with E-state index in [1.54, 1.807) is 0 Å². The van der Waals surface area contributed by atoms with Gasteiger partial charge in [0.15, 0.2) is 0 Å². The van der Waals surface area contributed by atoms with E-state index >= 15 is 0 Å². The molecule has 0 aliphatic carbocycles. The van der Waals surface area contributed by atoms with Gasteiger partial charge in [-0.25, -0.2) is 0 Å². The standard InChI is InChI=1S/C20H38O2.Na/c1-2-3-4-5-6-7-8-9-10-11-12-13-14-15-16-17-18-19-20(21)22;/h11-12H,2-10,13-19H2,1H3,(H,21,22);. The Morgan fingerprint density at radius 1 is 0.696 bits per heavy atom. The van der Waals surface area contributed by atoms with Crippen LogP contribution in [0.25, 0.3) is 0 Å². The minimum atomic E-state index is -0.663. The van der Waals surface area contributed by atoms with Crippen molar-refractivity contribution in [2.24, 2.45) is 0 Å². The molecule has 0 fully saturated rings. The Labute approximate surface area is 166 Å². The van der Waals surface area contributed by atoms with E-state index in [-0.39, 0.29) is 29.6 Å². The minimum absolute atomic E-state index is 0. The summed E-state index contributed by atoms with van der Waals surface area (Å²) < 4.78 is 0. The molecule has 0 unspecified atom stereocenters. The molecule has 3 heteroatoms. The van der Waals surface area contributed by atoms with E-state index in [1.807, 2.05) is 0 Å². The number of allylic oxidation sites excluding steroid dienone is 2. The Morgan fingerprint density at radius 3 is 1.52 bits per heavy atom. The molecule has 0 aromatic heterocycles. The van der Waals surface area contributed by atoms with Crippen molar-refractivity contribution in [3.05, 3.63) is 12.2 Å². The summed E-state index contributed by atoms with van der Waals surface area (Å²) in [5, 5.41) is 8.53. The molecule has 0 heterocycles. The summed E-state index contributed by atoms with van der Waals surface area (Å²) in [5.41, 5.74) is 0. The van der Waals surface area contributed by atoms with E-state index in [2.05, 4.69) is 19.1 Å². The van der Waals surface area contributed by atoms with E-state index in [9.17, 15) is 4.79 Å². The van der Waals surface area contributed by atoms with Crippen LogP contribution in [0.5, 0.6) is 0 Å². The third kappa shape index (κ3) is 24.6. The van der Waals surface area contributed by atoms with Crippen molar-refractivity contribution in [2.45, 2.75) is 110 Å². The fourth-order valence-corrected chi connectivity index (χ4v) is 2.70. The second-order valence-electron chi connectivity index (χ2n) is 6.44. The van der Waals surface area contributed by atoms with E-state index in [0.29, 0.717) is 6.42 Å². The molecular formula is C20H38NaO2. The Morgan fingerprint density at radius 2 is 1.09 bits per heavy atom. The molecule has 0 aromatic rings. The molecule has 0 aliphatic heterocycles. The average molecular weight is 334 g/mol. The molecule has 0 aliphatic rings. The number of hydrogen-bond acceptors (Lipinski definition) is 1. The van der Waals surface area contributed by atoms with Gasteiger partial charge >= 0.3 is 5.97 Å². The molecule has 0 bridgehead atoms. The monoisotopic (exact) mass is 333 g/mol. The van der Waals surface area contributed by atoms with E-state index < -0.39 is 5.97 Å². The summed E-state index contributed by atoms with van der Waals surface area (Å²) in [6.07, 6.45) is 24.2. The summed E-state index contributed by atoms with van der Waals surface area (Å²) in [5.74, 6) is -0.663. The summed E-state index contributed by atoms with van der Waals surface area (Å²) in [6.45, 7) is 2.27. The summed E-state index contributed by atoms with van der Waals surface area (Å²) >= 11 is 0. The molecule has 1 N–H and O–H groups in total. The zero-order chi connectivity index (χ0) is 16.3. The minimum Gasteiger partial charge on any atom is -0.481 e. The number of rotatable bonds is 17. The molecule has 0 amide bonds. The molecule has 1 radical (unpaired) electrons. The van der Waals surface area contributed by atoms with Gasteiger partial charge in [-0.05, 0) is 32.1 Å². The van der Waals surface area contributed by atoms with Crippen LogP contribution >= 0.6 is 0 Å². The molecule has 0 spiro atoms. The van der Waals surface area contributed by atoms with Crippen molar-refractivity contribution in [3.63, 3.8) is 0 Å². The van der Waals surface area contributed by atoms with Gasteiger partial charge < -0.3 is 5.11 Å². The van der Waals surface area contributed by atoms with Crippen LogP contribution in [0.4, 0.5) is 0 Å². The number of hydrogen-bond donors (Lipinski definition) is 1. The summed E-state index contributed by atoms with van der Waals surface area (Å²) in [4.78, 5) is 10.4. The van der Waals surface area contributed by atoms with Crippen LogP contribution < -0.4 is 0 Å². The normalized spacial score (nSPS) is 10.8. The van der Waals surface area contributed by atoms with Crippen molar-refractivity contribution in [1.29, 1.82) is 0 Å². The van der Waals surface area contributed by atoms with Gasteiger partial charge in [-0.1, -0.05) is 83.3 Å². The van der Waals surface area contributed by atoms with Crippen molar-refractivity contribution < 1.29 is 9.90 Å². The quantitative estimate of drug-likeness (QED) is 0.187. The Hall–Kier alpha value is 0.210. The molecule has 131 valence electrons. The second kappa shape index (κ2) is 22.2. The Kier molecular flexibility index (Phi) is 24.6. The van der Waals surface area contributed by atoms with Crippen LogP contribution in [0.2, 0.25) is 0 Å². The van der Waals surface area contributed by atoms with Gasteiger partial charge in [-0.15, -0.1) is 0 Å². The fraction of sp³-hybridized carbons (Fsp3) is 0.850. The first-order valence-electron chi connectivity index (χ1n) is 9.64. The van der Waals surface area contributed by atoms with E-state index in [4.69, 9.17) is 5.11 Å². The third-order valence-electron chi connectivity index (χ3n) is 4.15. The number of carbonyl (C=O) groups is 1. The average Bonchev–Trinajstić information content (AvgIpc) is 2.50. The molecule has 0 saturated heterocycles. The van der Waals surface area contributed by atoms with Crippen molar-refractivity contribution >= 4 is 35.5 Å². The van der Waals surface area contributed by atoms with Crippen molar-refractivity contribution in [3.8, 4) is 0 Å². The number of unbranched alkanes of at least 4 members (excludes halogenated alkanes) is 13. The molecule has 0 rings (SSSR count). The number of aliphatic carboxylic acids is 1. The van der Waals surface area contributed by atoms with Gasteiger partial charge in [0.25, 0.3) is 0 Å². The van der Waals surface area contributed by atoms with Crippen LogP contribution in [0.3, 0.4) is 0 Å². The maximum Gasteiger partial charge on any atom is 0.303 e. The van der Waals surface area contributed by atoms with Gasteiger partial charge in [0, 0.05) is 36.0 Å². The zero-order valence-corrected chi connectivity index (χ0v) is 17.8. The summed E-state index contributed by atoms with van der Waals surface area (Å²) in [7, 11) is 0. The predicted octanol–water partition coefficient (Wildman–Crippen LogP) is 6.51. The molecule has 23 heavy (non-hydrogen) atoms. The first-order chi connectivity index (χ1) is 10.8. The molecule has 2 nitrogen and oxygen atoms in total. The fourth-order valence-electron chi connectivity index (χ4n) is 2.70. The van der Waals surface area contributed by atoms with Crippen LogP contribution in [-0.2, 0) is 4.79 Å². The first kappa shape index (κ1) is 25.5. The molecule has 0 aromatic carbocycles. The Bertz CT molecular complexity index is 264. The summed E-state index contributed by atoms with van der Waals surface area (Å²) in [6, 6.07) is 0. The van der Waals surface area contributed by atoms with Crippen LogP contribution in [0.15, 0.2) is 12.2 Å². The molecule has 0 atom stereocenters.